The van der Waals surface area contributed by atoms with E-state index in [4.69, 9.17) is 0 Å². The first kappa shape index (κ1) is 19.7. The van der Waals surface area contributed by atoms with Crippen LogP contribution >= 0.6 is 11.3 Å². The number of esters is 1. The summed E-state index contributed by atoms with van der Waals surface area (Å²) in [5.74, 6) is -0.475. The van der Waals surface area contributed by atoms with Crippen LogP contribution in [0.15, 0.2) is 52.9 Å². The number of hydrogen-bond acceptors (Lipinski definition) is 6. The fourth-order valence-electron chi connectivity index (χ4n) is 3.51. The van der Waals surface area contributed by atoms with E-state index in [1.54, 1.807) is 10.9 Å². The van der Waals surface area contributed by atoms with E-state index in [1.807, 2.05) is 17.5 Å². The average molecular weight is 432 g/mol. The highest BCUT2D eigenvalue weighted by atomic mass is 32.2. The van der Waals surface area contributed by atoms with E-state index < -0.39 is 16.0 Å². The summed E-state index contributed by atoms with van der Waals surface area (Å²) in [6.07, 6.45) is 5.91. The van der Waals surface area contributed by atoms with Crippen molar-refractivity contribution in [2.75, 3.05) is 11.8 Å². The molecule has 1 aliphatic rings. The van der Waals surface area contributed by atoms with Crippen molar-refractivity contribution in [3.05, 3.63) is 53.5 Å². The monoisotopic (exact) mass is 431 g/mol. The Morgan fingerprint density at radius 1 is 1.21 bits per heavy atom. The number of benzene rings is 1. The molecule has 9 heteroatoms. The molecule has 3 aromatic rings. The summed E-state index contributed by atoms with van der Waals surface area (Å²) in [4.78, 5) is 12.5. The van der Waals surface area contributed by atoms with Gasteiger partial charge in [0.25, 0.3) is 10.0 Å². The minimum absolute atomic E-state index is 0.156. The maximum Gasteiger partial charge on any atom is 0.337 e. The lowest BCUT2D eigenvalue weighted by molar-refractivity contribution is 0.0601. The molecule has 1 fully saturated rings. The second-order valence-corrected chi connectivity index (χ2v) is 9.51. The van der Waals surface area contributed by atoms with Crippen molar-refractivity contribution in [2.24, 2.45) is 0 Å². The Kier molecular flexibility index (Phi) is 5.42. The lowest BCUT2D eigenvalue weighted by Crippen LogP contribution is -2.13. The molecule has 1 aromatic carbocycles. The van der Waals surface area contributed by atoms with E-state index >= 15 is 0 Å². The molecule has 1 saturated carbocycles. The minimum atomic E-state index is -3.86. The summed E-state index contributed by atoms with van der Waals surface area (Å²) in [5, 5.41) is 6.54. The number of methoxy groups -OCH3 is 1. The highest BCUT2D eigenvalue weighted by molar-refractivity contribution is 7.92. The maximum atomic E-state index is 13.2. The number of carbonyl (C=O) groups is 1. The quantitative estimate of drug-likeness (QED) is 0.587. The van der Waals surface area contributed by atoms with Crippen molar-refractivity contribution >= 4 is 33.0 Å². The standard InChI is InChI=1S/C20H21N3O4S2/c1-27-20(24)14-8-10-15(11-9-14)22-29(25,26)18-13-23(16-5-2-3-6-16)21-19(18)17-7-4-12-28-17/h4,7-13,16,22H,2-3,5-6H2,1H3. The lowest BCUT2D eigenvalue weighted by Gasteiger charge is -2.09. The molecule has 2 aromatic heterocycles. The third-order valence-corrected chi connectivity index (χ3v) is 7.26. The summed E-state index contributed by atoms with van der Waals surface area (Å²) in [6, 6.07) is 10.1. The van der Waals surface area contributed by atoms with Gasteiger partial charge in [0.05, 0.1) is 23.6 Å². The third-order valence-electron chi connectivity index (χ3n) is 5.00. The van der Waals surface area contributed by atoms with Gasteiger partial charge >= 0.3 is 5.97 Å². The highest BCUT2D eigenvalue weighted by Gasteiger charge is 2.27. The molecule has 0 spiro atoms. The molecular weight excluding hydrogens is 410 g/mol. The molecule has 0 bridgehead atoms. The normalized spacial score (nSPS) is 14.8. The number of nitrogens with one attached hydrogen (secondary N) is 1. The molecule has 0 amide bonds. The molecule has 1 aliphatic carbocycles. The van der Waals surface area contributed by atoms with Crippen molar-refractivity contribution in [2.45, 2.75) is 36.6 Å². The van der Waals surface area contributed by atoms with Gasteiger partial charge in [0, 0.05) is 11.9 Å². The van der Waals surface area contributed by atoms with Gasteiger partial charge in [-0.2, -0.15) is 5.10 Å². The van der Waals surface area contributed by atoms with E-state index in [0.717, 1.165) is 30.6 Å². The summed E-state index contributed by atoms with van der Waals surface area (Å²) >= 11 is 1.46. The van der Waals surface area contributed by atoms with Gasteiger partial charge in [-0.3, -0.25) is 9.40 Å². The Hall–Kier alpha value is -2.65. The Morgan fingerprint density at radius 3 is 2.55 bits per heavy atom. The van der Waals surface area contributed by atoms with Gasteiger partial charge in [0.1, 0.15) is 10.6 Å². The number of anilines is 1. The number of rotatable bonds is 6. The van der Waals surface area contributed by atoms with Gasteiger partial charge in [-0.05, 0) is 48.6 Å². The SMILES string of the molecule is COC(=O)c1ccc(NS(=O)(=O)c2cn(C3CCCC3)nc2-c2cccs2)cc1. The largest absolute Gasteiger partial charge is 0.465 e. The molecule has 0 atom stereocenters. The number of aromatic nitrogens is 2. The second kappa shape index (κ2) is 8.00. The molecule has 1 N–H and O–H groups in total. The Labute approximate surface area is 173 Å². The van der Waals surface area contributed by atoms with E-state index in [-0.39, 0.29) is 10.9 Å². The van der Waals surface area contributed by atoms with Crippen LogP contribution in [0.5, 0.6) is 0 Å². The van der Waals surface area contributed by atoms with Gasteiger partial charge in [-0.15, -0.1) is 11.3 Å². The first-order valence-electron chi connectivity index (χ1n) is 9.32. The number of ether oxygens (including phenoxy) is 1. The van der Waals surface area contributed by atoms with Crippen molar-refractivity contribution in [3.63, 3.8) is 0 Å². The van der Waals surface area contributed by atoms with E-state index in [1.165, 1.54) is 42.7 Å². The molecule has 4 rings (SSSR count). The predicted octanol–water partition coefficient (Wildman–Crippen LogP) is 4.31. The number of hydrogen-bond donors (Lipinski definition) is 1. The summed E-state index contributed by atoms with van der Waals surface area (Å²) < 4.78 is 35.4. The van der Waals surface area contributed by atoms with Crippen LogP contribution in [0.1, 0.15) is 42.1 Å². The number of thiophene rings is 1. The van der Waals surface area contributed by atoms with Crippen molar-refractivity contribution in [3.8, 4) is 10.6 Å². The average Bonchev–Trinajstić information content (AvgIpc) is 3.48. The molecule has 0 unspecified atom stereocenters. The Morgan fingerprint density at radius 2 is 1.93 bits per heavy atom. The van der Waals surface area contributed by atoms with Crippen LogP contribution in [-0.2, 0) is 14.8 Å². The fourth-order valence-corrected chi connectivity index (χ4v) is 5.51. The molecule has 7 nitrogen and oxygen atoms in total. The molecule has 29 heavy (non-hydrogen) atoms. The Balaban J connectivity index is 1.67. The van der Waals surface area contributed by atoms with E-state index in [0.29, 0.717) is 16.9 Å². The lowest BCUT2D eigenvalue weighted by atomic mass is 10.2. The zero-order valence-electron chi connectivity index (χ0n) is 15.9. The number of carbonyl (C=O) groups excluding carboxylic acids is 1. The predicted molar refractivity (Wildman–Crippen MR) is 112 cm³/mol. The first-order valence-corrected chi connectivity index (χ1v) is 11.7. The van der Waals surface area contributed by atoms with E-state index in [9.17, 15) is 13.2 Å². The Bertz CT molecular complexity index is 1100. The van der Waals surface area contributed by atoms with Crippen molar-refractivity contribution < 1.29 is 17.9 Å². The third kappa shape index (κ3) is 4.06. The van der Waals surface area contributed by atoms with Crippen LogP contribution in [0.25, 0.3) is 10.6 Å². The minimum Gasteiger partial charge on any atom is -0.465 e. The van der Waals surface area contributed by atoms with Crippen LogP contribution in [0.3, 0.4) is 0 Å². The summed E-state index contributed by atoms with van der Waals surface area (Å²) in [7, 11) is -2.56. The topological polar surface area (TPSA) is 90.3 Å². The van der Waals surface area contributed by atoms with Crippen LogP contribution in [-0.4, -0.2) is 31.3 Å². The van der Waals surface area contributed by atoms with E-state index in [2.05, 4.69) is 14.6 Å². The van der Waals surface area contributed by atoms with Gasteiger partial charge in [0.15, 0.2) is 0 Å². The van der Waals surface area contributed by atoms with Gasteiger partial charge in [0.2, 0.25) is 0 Å². The molecule has 0 saturated heterocycles. The maximum absolute atomic E-state index is 13.2. The van der Waals surface area contributed by atoms with Gasteiger partial charge < -0.3 is 4.74 Å². The number of sulfonamides is 1. The van der Waals surface area contributed by atoms with Crippen molar-refractivity contribution in [1.29, 1.82) is 0 Å². The van der Waals surface area contributed by atoms with Gasteiger partial charge in [-0.1, -0.05) is 18.9 Å². The van der Waals surface area contributed by atoms with Crippen LogP contribution in [0.2, 0.25) is 0 Å². The summed E-state index contributed by atoms with van der Waals surface area (Å²) in [6.45, 7) is 0. The van der Waals surface area contributed by atoms with Crippen LogP contribution < -0.4 is 4.72 Å². The molecule has 0 radical (unpaired) electrons. The zero-order chi connectivity index (χ0) is 20.4. The smallest absolute Gasteiger partial charge is 0.337 e. The van der Waals surface area contributed by atoms with Crippen LogP contribution in [0, 0.1) is 0 Å². The molecule has 152 valence electrons. The molecular formula is C20H21N3O4S2. The van der Waals surface area contributed by atoms with Gasteiger partial charge in [-0.25, -0.2) is 13.2 Å². The first-order chi connectivity index (χ1) is 14.0. The van der Waals surface area contributed by atoms with Crippen LogP contribution in [0.4, 0.5) is 5.69 Å². The summed E-state index contributed by atoms with van der Waals surface area (Å²) in [5.41, 5.74) is 1.18. The number of nitrogens with zero attached hydrogens (tertiary/aromatic N) is 2. The molecule has 0 aliphatic heterocycles. The zero-order valence-corrected chi connectivity index (χ0v) is 17.5. The van der Waals surface area contributed by atoms with Crippen molar-refractivity contribution in [1.82, 2.24) is 9.78 Å². The molecule has 2 heterocycles. The second-order valence-electron chi connectivity index (χ2n) is 6.91. The highest BCUT2D eigenvalue weighted by Crippen LogP contribution is 2.35. The fraction of sp³-hybridized carbons (Fsp3) is 0.300.